The van der Waals surface area contributed by atoms with Crippen molar-refractivity contribution in [2.45, 2.75) is 26.2 Å². The first-order valence-electron chi connectivity index (χ1n) is 15.6. The Bertz CT molecular complexity index is 1890. The summed E-state index contributed by atoms with van der Waals surface area (Å²) in [6.07, 6.45) is 7.11. The van der Waals surface area contributed by atoms with E-state index < -0.39 is 0 Å². The van der Waals surface area contributed by atoms with Crippen LogP contribution in [0.15, 0.2) is 128 Å². The molecule has 6 aromatic rings. The molecule has 7 rings (SSSR count). The average Bonchev–Trinajstić information content (AvgIpc) is 3.12. The average molecular weight is 620 g/mol. The van der Waals surface area contributed by atoms with Gasteiger partial charge < -0.3 is 4.90 Å². The highest BCUT2D eigenvalue weighted by atomic mass is 16.2. The predicted octanol–water partition coefficient (Wildman–Crippen LogP) is 5.93. The highest BCUT2D eigenvalue weighted by Crippen LogP contribution is 2.37. The lowest BCUT2D eigenvalue weighted by molar-refractivity contribution is 0.0588. The van der Waals surface area contributed by atoms with Gasteiger partial charge in [-0.1, -0.05) is 36.4 Å². The Labute approximate surface area is 273 Å². The number of carbonyl (C=O) groups is 2. The van der Waals surface area contributed by atoms with Crippen molar-refractivity contribution in [1.29, 1.82) is 0 Å². The quantitative estimate of drug-likeness (QED) is 0.156. The third-order valence-electron chi connectivity index (χ3n) is 8.33. The maximum atomic E-state index is 14.0. The fourth-order valence-corrected chi connectivity index (χ4v) is 6.11. The Morgan fingerprint density at radius 2 is 1.00 bits per heavy atom. The summed E-state index contributed by atoms with van der Waals surface area (Å²) < 4.78 is 0. The zero-order valence-electron chi connectivity index (χ0n) is 25.8. The normalized spacial score (nSPS) is 12.6. The number of anilines is 1. The van der Waals surface area contributed by atoms with Crippen LogP contribution in [-0.4, -0.2) is 54.6 Å². The van der Waals surface area contributed by atoms with Crippen LogP contribution in [0, 0.1) is 0 Å². The molecule has 9 nitrogen and oxygen atoms in total. The summed E-state index contributed by atoms with van der Waals surface area (Å²) in [5.41, 5.74) is 5.58. The number of carbonyl (C=O) groups excluding carboxylic acids is 2. The first-order chi connectivity index (χ1) is 23.1. The molecular weight excluding hydrogens is 586 g/mol. The molecule has 0 fully saturated rings. The van der Waals surface area contributed by atoms with Crippen molar-refractivity contribution in [3.05, 3.63) is 162 Å². The lowest BCUT2D eigenvalue weighted by Gasteiger charge is -2.32. The van der Waals surface area contributed by atoms with Gasteiger partial charge in [-0.15, -0.1) is 0 Å². The van der Waals surface area contributed by atoms with Gasteiger partial charge in [-0.25, -0.2) is 0 Å². The summed E-state index contributed by atoms with van der Waals surface area (Å²) in [5, 5.41) is 1.53. The summed E-state index contributed by atoms with van der Waals surface area (Å²) in [5.74, 6) is -0.580. The molecule has 1 aliphatic heterocycles. The summed E-state index contributed by atoms with van der Waals surface area (Å²) >= 11 is 0. The van der Waals surface area contributed by atoms with Crippen LogP contribution in [0.4, 0.5) is 5.69 Å². The van der Waals surface area contributed by atoms with Gasteiger partial charge in [-0.2, -0.15) is 0 Å². The molecule has 47 heavy (non-hydrogen) atoms. The third kappa shape index (κ3) is 6.61. The van der Waals surface area contributed by atoms with Crippen LogP contribution in [0.2, 0.25) is 0 Å². The lowest BCUT2D eigenvalue weighted by Crippen LogP contribution is -2.44. The van der Waals surface area contributed by atoms with Crippen LogP contribution >= 0.6 is 0 Å². The molecule has 0 N–H and O–H groups in total. The Kier molecular flexibility index (Phi) is 8.70. The van der Waals surface area contributed by atoms with E-state index in [9.17, 15) is 9.59 Å². The van der Waals surface area contributed by atoms with Gasteiger partial charge in [-0.3, -0.25) is 39.3 Å². The third-order valence-corrected chi connectivity index (χ3v) is 8.33. The highest BCUT2D eigenvalue weighted by Gasteiger charge is 2.34. The Hall–Kier alpha value is -5.80. The molecule has 1 aliphatic rings. The number of hydrogen-bond acceptors (Lipinski definition) is 8. The Balaban J connectivity index is 1.18. The molecule has 2 aromatic carbocycles. The highest BCUT2D eigenvalue weighted by molar-refractivity contribution is 6.26. The van der Waals surface area contributed by atoms with Crippen LogP contribution in [0.5, 0.6) is 0 Å². The number of hydrogen-bond donors (Lipinski definition) is 0. The van der Waals surface area contributed by atoms with E-state index in [4.69, 9.17) is 0 Å². The monoisotopic (exact) mass is 619 g/mol. The van der Waals surface area contributed by atoms with Crippen molar-refractivity contribution in [1.82, 2.24) is 29.7 Å². The fourth-order valence-electron chi connectivity index (χ4n) is 6.11. The number of pyridine rings is 4. The van der Waals surface area contributed by atoms with E-state index in [0.717, 1.165) is 33.8 Å². The van der Waals surface area contributed by atoms with E-state index in [1.54, 1.807) is 24.8 Å². The first kappa shape index (κ1) is 29.9. The molecule has 4 aromatic heterocycles. The number of nitrogens with zero attached hydrogens (tertiary/aromatic N) is 7. The second kappa shape index (κ2) is 13.7. The van der Waals surface area contributed by atoms with Gasteiger partial charge >= 0.3 is 0 Å². The van der Waals surface area contributed by atoms with Crippen molar-refractivity contribution < 1.29 is 9.59 Å². The minimum Gasteiger partial charge on any atom is -0.359 e. The SMILES string of the molecule is O=C1c2cccc3c(N(Cc4ccccn4)Cc4ccccn4)ccc(c23)C(=O)N1CCN(Cc1ccccn1)Cc1ccccn1. The smallest absolute Gasteiger partial charge is 0.261 e. The van der Waals surface area contributed by atoms with Crippen molar-refractivity contribution in [3.8, 4) is 0 Å². The largest absolute Gasteiger partial charge is 0.359 e. The zero-order valence-corrected chi connectivity index (χ0v) is 25.8. The topological polar surface area (TPSA) is 95.4 Å². The number of benzene rings is 2. The second-order valence-corrected chi connectivity index (χ2v) is 11.5. The van der Waals surface area contributed by atoms with Gasteiger partial charge in [-0.05, 0) is 66.7 Å². The van der Waals surface area contributed by atoms with E-state index in [-0.39, 0.29) is 18.4 Å². The van der Waals surface area contributed by atoms with Gasteiger partial charge in [0.15, 0.2) is 0 Å². The Morgan fingerprint density at radius 1 is 0.511 bits per heavy atom. The van der Waals surface area contributed by atoms with Crippen molar-refractivity contribution in [3.63, 3.8) is 0 Å². The number of imide groups is 1. The molecule has 232 valence electrons. The first-order valence-corrected chi connectivity index (χ1v) is 15.6. The summed E-state index contributed by atoms with van der Waals surface area (Å²) in [6.45, 7) is 2.90. The van der Waals surface area contributed by atoms with Crippen LogP contribution in [0.25, 0.3) is 10.8 Å². The van der Waals surface area contributed by atoms with Crippen molar-refractivity contribution in [2.75, 3.05) is 18.0 Å². The molecule has 0 aliphatic carbocycles. The molecule has 9 heteroatoms. The minimum absolute atomic E-state index is 0.236. The molecule has 0 unspecified atom stereocenters. The van der Waals surface area contributed by atoms with Crippen LogP contribution < -0.4 is 4.90 Å². The standard InChI is InChI=1S/C38H33N7O2/c46-37-33-15-9-14-32-35(44(26-30-12-3-7-20-41-30)27-31-13-4-8-21-42-31)17-16-34(36(32)33)38(47)45(37)23-22-43(24-28-10-1-5-18-39-28)25-29-11-2-6-19-40-29/h1-21H,22-27H2. The van der Waals surface area contributed by atoms with Gasteiger partial charge in [0, 0.05) is 78.6 Å². The zero-order chi connectivity index (χ0) is 32.0. The molecular formula is C38H33N7O2. The van der Waals surface area contributed by atoms with Gasteiger partial charge in [0.1, 0.15) is 0 Å². The van der Waals surface area contributed by atoms with Crippen molar-refractivity contribution >= 4 is 28.3 Å². The lowest BCUT2D eigenvalue weighted by atomic mass is 9.92. The van der Waals surface area contributed by atoms with Crippen LogP contribution in [0.1, 0.15) is 43.5 Å². The maximum Gasteiger partial charge on any atom is 0.261 e. The molecule has 0 bridgehead atoms. The summed E-state index contributed by atoms with van der Waals surface area (Å²) in [4.78, 5) is 51.9. The summed E-state index contributed by atoms with van der Waals surface area (Å²) in [6, 6.07) is 32.9. The van der Waals surface area contributed by atoms with Crippen molar-refractivity contribution in [2.24, 2.45) is 0 Å². The van der Waals surface area contributed by atoms with Gasteiger partial charge in [0.25, 0.3) is 11.8 Å². The minimum atomic E-state index is -0.290. The number of aromatic nitrogens is 4. The molecule has 5 heterocycles. The van der Waals surface area contributed by atoms with Gasteiger partial charge in [0.2, 0.25) is 0 Å². The van der Waals surface area contributed by atoms with E-state index in [1.807, 2.05) is 103 Å². The van der Waals surface area contributed by atoms with E-state index >= 15 is 0 Å². The molecule has 0 atom stereocenters. The van der Waals surface area contributed by atoms with Crippen LogP contribution in [-0.2, 0) is 26.2 Å². The molecule has 2 amide bonds. The number of amides is 2. The van der Waals surface area contributed by atoms with E-state index in [1.165, 1.54) is 4.90 Å². The van der Waals surface area contributed by atoms with Crippen LogP contribution in [0.3, 0.4) is 0 Å². The molecule has 0 saturated carbocycles. The van der Waals surface area contributed by atoms with Gasteiger partial charge in [0.05, 0.1) is 35.9 Å². The maximum absolute atomic E-state index is 14.0. The predicted molar refractivity (Wildman–Crippen MR) is 180 cm³/mol. The Morgan fingerprint density at radius 3 is 1.49 bits per heavy atom. The second-order valence-electron chi connectivity index (χ2n) is 11.5. The molecule has 0 saturated heterocycles. The number of rotatable bonds is 12. The van der Waals surface area contributed by atoms with E-state index in [0.29, 0.717) is 49.2 Å². The summed E-state index contributed by atoms with van der Waals surface area (Å²) in [7, 11) is 0. The van der Waals surface area contributed by atoms with E-state index in [2.05, 4.69) is 29.7 Å². The molecule has 0 spiro atoms. The molecule has 0 radical (unpaired) electrons. The fraction of sp³-hybridized carbons (Fsp3) is 0.158.